The number of aliphatic hydroxyl groups is 1. The second-order valence-corrected chi connectivity index (χ2v) is 6.99. The van der Waals surface area contributed by atoms with Gasteiger partial charge in [-0.05, 0) is 41.8 Å². The minimum Gasteiger partial charge on any atom is -0.497 e. The predicted molar refractivity (Wildman–Crippen MR) is 99.6 cm³/mol. The first-order valence-electron chi connectivity index (χ1n) is 9.11. The first-order valence-corrected chi connectivity index (χ1v) is 9.11. The van der Waals surface area contributed by atoms with Crippen molar-refractivity contribution >= 4 is 0 Å². The van der Waals surface area contributed by atoms with E-state index < -0.39 is 0 Å². The van der Waals surface area contributed by atoms with E-state index in [1.54, 1.807) is 14.2 Å². The molecular formula is C21H25NO5. The van der Waals surface area contributed by atoms with Crippen molar-refractivity contribution in [1.82, 2.24) is 4.90 Å². The average Bonchev–Trinajstić information content (AvgIpc) is 3.25. The van der Waals surface area contributed by atoms with Crippen LogP contribution in [-0.2, 0) is 9.47 Å². The molecule has 144 valence electrons. The fourth-order valence-electron chi connectivity index (χ4n) is 4.03. The van der Waals surface area contributed by atoms with Crippen molar-refractivity contribution in [1.29, 1.82) is 0 Å². The molecule has 6 nitrogen and oxygen atoms in total. The number of fused-ring (bicyclic) bond motifs is 1. The zero-order chi connectivity index (χ0) is 18.9. The number of rotatable bonds is 6. The highest BCUT2D eigenvalue weighted by atomic mass is 16.6. The first-order chi connectivity index (χ1) is 13.2. The van der Waals surface area contributed by atoms with E-state index >= 15 is 0 Å². The second kappa shape index (κ2) is 7.48. The van der Waals surface area contributed by atoms with Crippen LogP contribution < -0.4 is 9.47 Å². The molecule has 6 heteroatoms. The van der Waals surface area contributed by atoms with Crippen molar-refractivity contribution in [3.8, 4) is 11.5 Å². The van der Waals surface area contributed by atoms with Gasteiger partial charge in [-0.3, -0.25) is 0 Å². The largest absolute Gasteiger partial charge is 0.497 e. The molecule has 2 aliphatic rings. The Kier molecular flexibility index (Phi) is 5.06. The van der Waals surface area contributed by atoms with Gasteiger partial charge in [0.1, 0.15) is 24.0 Å². The molecule has 2 fully saturated rings. The lowest BCUT2D eigenvalue weighted by atomic mass is 9.96. The number of hydrogen-bond acceptors (Lipinski definition) is 6. The molecule has 0 aliphatic carbocycles. The number of hydrogen-bond donors (Lipinski definition) is 1. The van der Waals surface area contributed by atoms with Gasteiger partial charge >= 0.3 is 0 Å². The van der Waals surface area contributed by atoms with Gasteiger partial charge in [-0.1, -0.05) is 24.3 Å². The molecule has 0 saturated carbocycles. The van der Waals surface area contributed by atoms with Crippen LogP contribution in [-0.4, -0.2) is 49.6 Å². The topological polar surface area (TPSA) is 60.4 Å². The zero-order valence-corrected chi connectivity index (χ0v) is 15.6. The molecule has 0 radical (unpaired) electrons. The van der Waals surface area contributed by atoms with Crippen LogP contribution in [0.2, 0.25) is 0 Å². The molecule has 27 heavy (non-hydrogen) atoms. The summed E-state index contributed by atoms with van der Waals surface area (Å²) in [5, 5.41) is 9.67. The lowest BCUT2D eigenvalue weighted by molar-refractivity contribution is -0.0624. The van der Waals surface area contributed by atoms with E-state index in [0.717, 1.165) is 22.6 Å². The Morgan fingerprint density at radius 1 is 0.963 bits per heavy atom. The Hall–Kier alpha value is -2.12. The SMILES string of the molecule is COc1cccc([C@H]2OC[C@]3(CCO)CO[C@@H](c4cccc(OC)c4)N23)c1. The van der Waals surface area contributed by atoms with Crippen molar-refractivity contribution in [3.63, 3.8) is 0 Å². The third-order valence-corrected chi connectivity index (χ3v) is 5.41. The van der Waals surface area contributed by atoms with Crippen molar-refractivity contribution in [2.24, 2.45) is 0 Å². The normalized spacial score (nSPS) is 27.5. The van der Waals surface area contributed by atoms with E-state index in [9.17, 15) is 5.11 Å². The maximum Gasteiger partial charge on any atom is 0.139 e. The quantitative estimate of drug-likeness (QED) is 0.843. The van der Waals surface area contributed by atoms with Gasteiger partial charge in [-0.25, -0.2) is 4.90 Å². The summed E-state index contributed by atoms with van der Waals surface area (Å²) in [7, 11) is 3.31. The summed E-state index contributed by atoms with van der Waals surface area (Å²) in [6.45, 7) is 1.10. The highest BCUT2D eigenvalue weighted by molar-refractivity contribution is 5.34. The van der Waals surface area contributed by atoms with Crippen LogP contribution >= 0.6 is 0 Å². The number of nitrogens with zero attached hydrogens (tertiary/aromatic N) is 1. The van der Waals surface area contributed by atoms with E-state index in [2.05, 4.69) is 4.90 Å². The van der Waals surface area contributed by atoms with E-state index in [-0.39, 0.29) is 24.6 Å². The monoisotopic (exact) mass is 371 g/mol. The molecule has 0 amide bonds. The van der Waals surface area contributed by atoms with E-state index in [0.29, 0.717) is 19.6 Å². The molecule has 2 aromatic rings. The lowest BCUT2D eigenvalue weighted by Crippen LogP contribution is -2.45. The average molecular weight is 371 g/mol. The van der Waals surface area contributed by atoms with Gasteiger partial charge < -0.3 is 24.1 Å². The van der Waals surface area contributed by atoms with Gasteiger partial charge in [0, 0.05) is 6.61 Å². The van der Waals surface area contributed by atoms with Crippen molar-refractivity contribution < 1.29 is 24.1 Å². The number of benzene rings is 2. The molecular weight excluding hydrogens is 346 g/mol. The molecule has 2 aliphatic heterocycles. The Balaban J connectivity index is 1.73. The lowest BCUT2D eigenvalue weighted by Gasteiger charge is -2.34. The molecule has 0 spiro atoms. The van der Waals surface area contributed by atoms with Crippen LogP contribution in [0.3, 0.4) is 0 Å². The molecule has 1 N–H and O–H groups in total. The number of methoxy groups -OCH3 is 2. The smallest absolute Gasteiger partial charge is 0.139 e. The highest BCUT2D eigenvalue weighted by Gasteiger charge is 2.56. The maximum absolute atomic E-state index is 9.67. The Morgan fingerprint density at radius 2 is 1.48 bits per heavy atom. The van der Waals surface area contributed by atoms with Gasteiger partial charge in [0.25, 0.3) is 0 Å². The van der Waals surface area contributed by atoms with Crippen LogP contribution in [0.1, 0.15) is 30.0 Å². The number of ether oxygens (including phenoxy) is 4. The Bertz CT molecular complexity index is 736. The molecule has 0 bridgehead atoms. The third-order valence-electron chi connectivity index (χ3n) is 5.41. The summed E-state index contributed by atoms with van der Waals surface area (Å²) < 4.78 is 23.2. The summed E-state index contributed by atoms with van der Waals surface area (Å²) in [6, 6.07) is 15.8. The molecule has 3 atom stereocenters. The number of aliphatic hydroxyl groups excluding tert-OH is 1. The molecule has 2 aromatic carbocycles. The highest BCUT2D eigenvalue weighted by Crippen LogP contribution is 2.50. The first kappa shape index (κ1) is 18.3. The summed E-state index contributed by atoms with van der Waals surface area (Å²) in [4.78, 5) is 2.24. The van der Waals surface area contributed by atoms with E-state index in [4.69, 9.17) is 18.9 Å². The molecule has 4 rings (SSSR count). The van der Waals surface area contributed by atoms with Gasteiger partial charge in [0.15, 0.2) is 0 Å². The standard InChI is InChI=1S/C21H25NO5/c1-24-17-7-3-5-15(11-17)19-22-20(16-6-4-8-18(12-16)25-2)27-14-21(22,9-10-23)13-26-19/h3-8,11-12,19-20,23H,9-10,13-14H2,1-2H3/t19-,20+,21-. The summed E-state index contributed by atoms with van der Waals surface area (Å²) in [6.07, 6.45) is 0.0456. The van der Waals surface area contributed by atoms with Crippen LogP contribution in [0.4, 0.5) is 0 Å². The molecule has 2 heterocycles. The van der Waals surface area contributed by atoms with Crippen LogP contribution in [0.25, 0.3) is 0 Å². The third kappa shape index (κ3) is 3.19. The molecule has 2 saturated heterocycles. The summed E-state index contributed by atoms with van der Waals surface area (Å²) in [5.41, 5.74) is 1.66. The van der Waals surface area contributed by atoms with E-state index in [1.807, 2.05) is 48.5 Å². The van der Waals surface area contributed by atoms with Crippen LogP contribution in [0.15, 0.2) is 48.5 Å². The van der Waals surface area contributed by atoms with E-state index in [1.165, 1.54) is 0 Å². The van der Waals surface area contributed by atoms with Gasteiger partial charge in [-0.15, -0.1) is 0 Å². The minimum absolute atomic E-state index is 0.0822. The van der Waals surface area contributed by atoms with Gasteiger partial charge in [-0.2, -0.15) is 0 Å². The molecule has 0 unspecified atom stereocenters. The molecule has 0 aromatic heterocycles. The minimum atomic E-state index is -0.351. The fraction of sp³-hybridized carbons (Fsp3) is 0.429. The second-order valence-electron chi connectivity index (χ2n) is 6.99. The predicted octanol–water partition coefficient (Wildman–Crippen LogP) is 2.88. The zero-order valence-electron chi connectivity index (χ0n) is 15.6. The Morgan fingerprint density at radius 3 is 1.93 bits per heavy atom. The van der Waals surface area contributed by atoms with Crippen molar-refractivity contribution in [2.75, 3.05) is 34.0 Å². The van der Waals surface area contributed by atoms with Crippen molar-refractivity contribution in [3.05, 3.63) is 59.7 Å². The summed E-state index contributed by atoms with van der Waals surface area (Å²) >= 11 is 0. The van der Waals surface area contributed by atoms with Crippen molar-refractivity contribution in [2.45, 2.75) is 24.4 Å². The van der Waals surface area contributed by atoms with Gasteiger partial charge in [0.2, 0.25) is 0 Å². The Labute approximate surface area is 159 Å². The fourth-order valence-corrected chi connectivity index (χ4v) is 4.03. The van der Waals surface area contributed by atoms with Gasteiger partial charge in [0.05, 0.1) is 33.0 Å². The summed E-state index contributed by atoms with van der Waals surface area (Å²) in [5.74, 6) is 1.57. The van der Waals surface area contributed by atoms with Crippen LogP contribution in [0, 0.1) is 0 Å². The van der Waals surface area contributed by atoms with Crippen LogP contribution in [0.5, 0.6) is 11.5 Å². The maximum atomic E-state index is 9.67.